The van der Waals surface area contributed by atoms with Gasteiger partial charge in [-0.05, 0) is 31.2 Å². The highest BCUT2D eigenvalue weighted by atomic mass is 35.5. The van der Waals surface area contributed by atoms with Gasteiger partial charge in [0.1, 0.15) is 5.75 Å². The first-order chi connectivity index (χ1) is 11.5. The number of halogens is 1. The summed E-state index contributed by atoms with van der Waals surface area (Å²) in [5, 5.41) is 15.2. The monoisotopic (exact) mass is 345 g/mol. The summed E-state index contributed by atoms with van der Waals surface area (Å²) in [7, 11) is 0. The fourth-order valence-corrected chi connectivity index (χ4v) is 2.35. The Balaban J connectivity index is 1.71. The number of ether oxygens (including phenoxy) is 1. The highest BCUT2D eigenvalue weighted by Gasteiger charge is 2.13. The summed E-state index contributed by atoms with van der Waals surface area (Å²) in [6.45, 7) is 1.70. The molecule has 0 spiro atoms. The average Bonchev–Trinajstić information content (AvgIpc) is 3.02. The maximum absolute atomic E-state index is 10.8. The number of nitro benzene ring substituents is 1. The summed E-state index contributed by atoms with van der Waals surface area (Å²) in [6.07, 6.45) is 0. The van der Waals surface area contributed by atoms with Crippen LogP contribution in [-0.4, -0.2) is 15.1 Å². The van der Waals surface area contributed by atoms with Crippen LogP contribution < -0.4 is 4.74 Å². The van der Waals surface area contributed by atoms with E-state index >= 15 is 0 Å². The summed E-state index contributed by atoms with van der Waals surface area (Å²) >= 11 is 6.09. The maximum atomic E-state index is 10.8. The molecule has 2 aromatic carbocycles. The number of aryl methyl sites for hydroxylation is 1. The quantitative estimate of drug-likeness (QED) is 0.508. The Morgan fingerprint density at radius 1 is 1.29 bits per heavy atom. The van der Waals surface area contributed by atoms with Crippen LogP contribution in [0.5, 0.6) is 5.75 Å². The van der Waals surface area contributed by atoms with Gasteiger partial charge >= 0.3 is 0 Å². The second kappa shape index (κ2) is 6.67. The van der Waals surface area contributed by atoms with Gasteiger partial charge in [0.25, 0.3) is 11.6 Å². The van der Waals surface area contributed by atoms with Crippen molar-refractivity contribution in [1.29, 1.82) is 0 Å². The predicted octanol–water partition coefficient (Wildman–Crippen LogP) is 4.19. The molecule has 7 nitrogen and oxygen atoms in total. The Bertz CT molecular complexity index is 895. The molecule has 0 fully saturated rings. The Kier molecular flexibility index (Phi) is 4.43. The lowest BCUT2D eigenvalue weighted by molar-refractivity contribution is -0.385. The number of nitro groups is 1. The molecule has 3 rings (SSSR count). The van der Waals surface area contributed by atoms with E-state index in [1.807, 2.05) is 12.1 Å². The van der Waals surface area contributed by atoms with Crippen LogP contribution in [0.2, 0.25) is 5.02 Å². The molecular weight excluding hydrogens is 334 g/mol. The van der Waals surface area contributed by atoms with Crippen molar-refractivity contribution in [1.82, 2.24) is 10.1 Å². The molecule has 122 valence electrons. The van der Waals surface area contributed by atoms with Crippen LogP contribution in [0.25, 0.3) is 11.4 Å². The minimum atomic E-state index is -0.438. The van der Waals surface area contributed by atoms with Crippen LogP contribution in [0.4, 0.5) is 5.69 Å². The first kappa shape index (κ1) is 15.9. The van der Waals surface area contributed by atoms with Gasteiger partial charge in [-0.15, -0.1) is 0 Å². The second-order valence-corrected chi connectivity index (χ2v) is 5.39. The molecular formula is C16H12ClN3O4. The van der Waals surface area contributed by atoms with Gasteiger partial charge in [-0.3, -0.25) is 10.1 Å². The summed E-state index contributed by atoms with van der Waals surface area (Å²) in [5.74, 6) is 1.13. The standard InChI is InChI=1S/C16H12ClN3O4/c1-10-8-11(6-7-14(10)20(21)22)23-9-15-18-16(19-24-15)12-4-2-3-5-13(12)17/h2-8H,9H2,1H3. The fraction of sp³-hybridized carbons (Fsp3) is 0.125. The van der Waals surface area contributed by atoms with Gasteiger partial charge in [-0.1, -0.05) is 28.9 Å². The van der Waals surface area contributed by atoms with E-state index in [1.54, 1.807) is 25.1 Å². The van der Waals surface area contributed by atoms with E-state index in [0.717, 1.165) is 0 Å². The zero-order valence-electron chi connectivity index (χ0n) is 12.6. The topological polar surface area (TPSA) is 91.3 Å². The first-order valence-electron chi connectivity index (χ1n) is 7.00. The molecule has 0 bridgehead atoms. The van der Waals surface area contributed by atoms with Crippen molar-refractivity contribution in [2.24, 2.45) is 0 Å². The van der Waals surface area contributed by atoms with E-state index < -0.39 is 4.92 Å². The first-order valence-corrected chi connectivity index (χ1v) is 7.37. The van der Waals surface area contributed by atoms with Crippen LogP contribution in [0, 0.1) is 17.0 Å². The molecule has 0 radical (unpaired) electrons. The van der Waals surface area contributed by atoms with Crippen molar-refractivity contribution in [3.8, 4) is 17.1 Å². The third-order valence-corrected chi connectivity index (χ3v) is 3.64. The molecule has 1 heterocycles. The highest BCUT2D eigenvalue weighted by molar-refractivity contribution is 6.33. The molecule has 0 aliphatic rings. The van der Waals surface area contributed by atoms with Gasteiger partial charge < -0.3 is 9.26 Å². The van der Waals surface area contributed by atoms with E-state index in [9.17, 15) is 10.1 Å². The zero-order valence-corrected chi connectivity index (χ0v) is 13.4. The minimum absolute atomic E-state index is 0.0427. The number of aromatic nitrogens is 2. The minimum Gasteiger partial charge on any atom is -0.484 e. The van der Waals surface area contributed by atoms with Crippen molar-refractivity contribution in [3.63, 3.8) is 0 Å². The lowest BCUT2D eigenvalue weighted by Gasteiger charge is -2.04. The largest absolute Gasteiger partial charge is 0.484 e. The lowest BCUT2D eigenvalue weighted by atomic mass is 10.2. The number of benzene rings is 2. The van der Waals surface area contributed by atoms with Gasteiger partial charge in [0.2, 0.25) is 5.82 Å². The normalized spacial score (nSPS) is 10.6. The second-order valence-electron chi connectivity index (χ2n) is 4.99. The van der Waals surface area contributed by atoms with Crippen molar-refractivity contribution < 1.29 is 14.2 Å². The molecule has 0 unspecified atom stereocenters. The molecule has 1 aromatic heterocycles. The molecule has 0 atom stereocenters. The smallest absolute Gasteiger partial charge is 0.272 e. The third-order valence-electron chi connectivity index (χ3n) is 3.31. The predicted molar refractivity (Wildman–Crippen MR) is 86.9 cm³/mol. The summed E-state index contributed by atoms with van der Waals surface area (Å²) < 4.78 is 10.7. The van der Waals surface area contributed by atoms with E-state index in [0.29, 0.717) is 27.7 Å². The summed E-state index contributed by atoms with van der Waals surface area (Å²) in [4.78, 5) is 14.6. The molecule has 0 saturated heterocycles. The van der Waals surface area contributed by atoms with Crippen molar-refractivity contribution in [2.75, 3.05) is 0 Å². The van der Waals surface area contributed by atoms with Gasteiger partial charge in [-0.2, -0.15) is 4.98 Å². The van der Waals surface area contributed by atoms with Crippen molar-refractivity contribution in [2.45, 2.75) is 13.5 Å². The fourth-order valence-electron chi connectivity index (χ4n) is 2.13. The van der Waals surface area contributed by atoms with E-state index in [4.69, 9.17) is 20.9 Å². The van der Waals surface area contributed by atoms with Crippen LogP contribution in [0.15, 0.2) is 47.0 Å². The summed E-state index contributed by atoms with van der Waals surface area (Å²) in [6, 6.07) is 11.7. The van der Waals surface area contributed by atoms with E-state index in [-0.39, 0.29) is 18.2 Å². The molecule has 8 heteroatoms. The Morgan fingerprint density at radius 3 is 2.79 bits per heavy atom. The summed E-state index contributed by atoms with van der Waals surface area (Å²) in [5.41, 5.74) is 1.22. The molecule has 0 aliphatic carbocycles. The Hall–Kier alpha value is -2.93. The van der Waals surface area contributed by atoms with Gasteiger partial charge in [0.05, 0.1) is 9.95 Å². The number of hydrogen-bond donors (Lipinski definition) is 0. The molecule has 3 aromatic rings. The van der Waals surface area contributed by atoms with Crippen LogP contribution in [0.1, 0.15) is 11.5 Å². The number of nitrogens with zero attached hydrogens (tertiary/aromatic N) is 3. The van der Waals surface area contributed by atoms with Crippen LogP contribution in [0.3, 0.4) is 0 Å². The number of rotatable bonds is 5. The SMILES string of the molecule is Cc1cc(OCc2nc(-c3ccccc3Cl)no2)ccc1[N+](=O)[O-]. The van der Waals surface area contributed by atoms with Crippen molar-refractivity contribution >= 4 is 17.3 Å². The molecule has 0 N–H and O–H groups in total. The van der Waals surface area contributed by atoms with Crippen LogP contribution >= 0.6 is 11.6 Å². The third kappa shape index (κ3) is 3.36. The Labute approximate surface area is 142 Å². The van der Waals surface area contributed by atoms with Gasteiger partial charge in [0.15, 0.2) is 6.61 Å². The Morgan fingerprint density at radius 2 is 2.08 bits per heavy atom. The van der Waals surface area contributed by atoms with Crippen LogP contribution in [-0.2, 0) is 6.61 Å². The number of hydrogen-bond acceptors (Lipinski definition) is 6. The van der Waals surface area contributed by atoms with Crippen molar-refractivity contribution in [3.05, 3.63) is 69.1 Å². The van der Waals surface area contributed by atoms with E-state index in [1.165, 1.54) is 12.1 Å². The van der Waals surface area contributed by atoms with E-state index in [2.05, 4.69) is 10.1 Å². The molecule has 0 amide bonds. The molecule has 24 heavy (non-hydrogen) atoms. The maximum Gasteiger partial charge on any atom is 0.272 e. The van der Waals surface area contributed by atoms with Gasteiger partial charge in [-0.25, -0.2) is 0 Å². The van der Waals surface area contributed by atoms with Gasteiger partial charge in [0, 0.05) is 17.2 Å². The zero-order chi connectivity index (χ0) is 17.1. The average molecular weight is 346 g/mol. The lowest BCUT2D eigenvalue weighted by Crippen LogP contribution is -1.97. The highest BCUT2D eigenvalue weighted by Crippen LogP contribution is 2.26. The molecule has 0 saturated carbocycles. The molecule has 0 aliphatic heterocycles.